The first-order valence-electron chi connectivity index (χ1n) is 4.02. The summed E-state index contributed by atoms with van der Waals surface area (Å²) in [4.78, 5) is 14.6. The van der Waals surface area contributed by atoms with E-state index in [2.05, 4.69) is 9.72 Å². The van der Waals surface area contributed by atoms with Crippen LogP contribution in [0.4, 0.5) is 4.39 Å². The largest absolute Gasteiger partial charge is 0.466 e. The van der Waals surface area contributed by atoms with Crippen LogP contribution in [0.15, 0.2) is 18.2 Å². The Kier molecular flexibility index (Phi) is 3.34. The van der Waals surface area contributed by atoms with Crippen molar-refractivity contribution in [2.24, 2.45) is 0 Å². The van der Waals surface area contributed by atoms with Gasteiger partial charge in [0, 0.05) is 6.08 Å². The molecule has 0 aliphatic carbocycles. The SMILES string of the molecule is COC(=O)C=Cc1ccc(F)c(C)n1. The molecule has 1 aromatic rings. The van der Waals surface area contributed by atoms with E-state index in [1.807, 2.05) is 0 Å². The van der Waals surface area contributed by atoms with E-state index in [4.69, 9.17) is 0 Å². The second kappa shape index (κ2) is 4.50. The molecule has 0 radical (unpaired) electrons. The third-order valence-corrected chi connectivity index (χ3v) is 1.63. The molecule has 0 aromatic carbocycles. The topological polar surface area (TPSA) is 39.2 Å². The van der Waals surface area contributed by atoms with Crippen LogP contribution >= 0.6 is 0 Å². The summed E-state index contributed by atoms with van der Waals surface area (Å²) in [6.07, 6.45) is 2.71. The number of pyridine rings is 1. The Hall–Kier alpha value is -1.71. The molecule has 0 saturated carbocycles. The number of esters is 1. The van der Waals surface area contributed by atoms with Gasteiger partial charge in [0.2, 0.25) is 0 Å². The average molecular weight is 195 g/mol. The van der Waals surface area contributed by atoms with E-state index in [-0.39, 0.29) is 5.82 Å². The molecule has 0 fully saturated rings. The van der Waals surface area contributed by atoms with E-state index in [0.717, 1.165) is 0 Å². The summed E-state index contributed by atoms with van der Waals surface area (Å²) in [6.45, 7) is 1.56. The van der Waals surface area contributed by atoms with Crippen molar-refractivity contribution >= 4 is 12.0 Å². The van der Waals surface area contributed by atoms with Crippen molar-refractivity contribution in [2.75, 3.05) is 7.11 Å². The zero-order valence-electron chi connectivity index (χ0n) is 7.95. The molecule has 4 heteroatoms. The Morgan fingerprint density at radius 2 is 2.29 bits per heavy atom. The van der Waals surface area contributed by atoms with Crippen molar-refractivity contribution in [1.29, 1.82) is 0 Å². The van der Waals surface area contributed by atoms with Gasteiger partial charge in [-0.05, 0) is 25.1 Å². The average Bonchev–Trinajstić information content (AvgIpc) is 2.19. The molecule has 14 heavy (non-hydrogen) atoms. The Labute approximate surface area is 81.2 Å². The highest BCUT2D eigenvalue weighted by Crippen LogP contribution is 2.05. The number of carbonyl (C=O) groups excluding carboxylic acids is 1. The molecule has 0 aliphatic rings. The zero-order valence-corrected chi connectivity index (χ0v) is 7.95. The monoisotopic (exact) mass is 195 g/mol. The number of methoxy groups -OCH3 is 1. The Balaban J connectivity index is 2.83. The molecule has 0 unspecified atom stereocenters. The minimum Gasteiger partial charge on any atom is -0.466 e. The van der Waals surface area contributed by atoms with Crippen LogP contribution in [0.1, 0.15) is 11.4 Å². The van der Waals surface area contributed by atoms with Gasteiger partial charge in [0.15, 0.2) is 0 Å². The lowest BCUT2D eigenvalue weighted by Gasteiger charge is -1.96. The van der Waals surface area contributed by atoms with Gasteiger partial charge in [-0.15, -0.1) is 0 Å². The molecule has 3 nitrogen and oxygen atoms in total. The lowest BCUT2D eigenvalue weighted by Crippen LogP contribution is -1.94. The summed E-state index contributed by atoms with van der Waals surface area (Å²) in [6, 6.07) is 2.79. The van der Waals surface area contributed by atoms with Crippen LogP contribution in [-0.4, -0.2) is 18.1 Å². The van der Waals surface area contributed by atoms with Crippen LogP contribution in [0.5, 0.6) is 0 Å². The number of ether oxygens (including phenoxy) is 1. The van der Waals surface area contributed by atoms with E-state index in [0.29, 0.717) is 11.4 Å². The Morgan fingerprint density at radius 1 is 1.57 bits per heavy atom. The van der Waals surface area contributed by atoms with Gasteiger partial charge in [-0.1, -0.05) is 0 Å². The van der Waals surface area contributed by atoms with E-state index in [1.165, 1.54) is 31.4 Å². The smallest absolute Gasteiger partial charge is 0.330 e. The summed E-state index contributed by atoms with van der Waals surface area (Å²) in [5.74, 6) is -0.825. The van der Waals surface area contributed by atoms with Gasteiger partial charge >= 0.3 is 5.97 Å². The van der Waals surface area contributed by atoms with Gasteiger partial charge in [-0.3, -0.25) is 4.98 Å². The fourth-order valence-corrected chi connectivity index (χ4v) is 0.878. The summed E-state index contributed by atoms with van der Waals surface area (Å²) in [5, 5.41) is 0. The van der Waals surface area contributed by atoms with E-state index in [1.54, 1.807) is 6.92 Å². The van der Waals surface area contributed by atoms with E-state index < -0.39 is 5.97 Å². The lowest BCUT2D eigenvalue weighted by molar-refractivity contribution is -0.134. The molecule has 74 valence electrons. The molecule has 0 spiro atoms. The van der Waals surface area contributed by atoms with Crippen molar-refractivity contribution in [3.8, 4) is 0 Å². The highest BCUT2D eigenvalue weighted by Gasteiger charge is 1.98. The third kappa shape index (κ3) is 2.65. The maximum absolute atomic E-state index is 12.8. The van der Waals surface area contributed by atoms with E-state index in [9.17, 15) is 9.18 Å². The molecule has 0 bridgehead atoms. The maximum Gasteiger partial charge on any atom is 0.330 e. The maximum atomic E-state index is 12.8. The molecule has 1 heterocycles. The van der Waals surface area contributed by atoms with Gasteiger partial charge in [-0.25, -0.2) is 9.18 Å². The van der Waals surface area contributed by atoms with Gasteiger partial charge in [0.05, 0.1) is 18.5 Å². The molecule has 0 aliphatic heterocycles. The molecular weight excluding hydrogens is 185 g/mol. The highest BCUT2D eigenvalue weighted by molar-refractivity contribution is 5.86. The minimum atomic E-state index is -0.464. The summed E-state index contributed by atoms with van der Waals surface area (Å²) < 4.78 is 17.2. The van der Waals surface area contributed by atoms with Crippen molar-refractivity contribution in [1.82, 2.24) is 4.98 Å². The fraction of sp³-hybridized carbons (Fsp3) is 0.200. The van der Waals surface area contributed by atoms with Crippen LogP contribution < -0.4 is 0 Å². The van der Waals surface area contributed by atoms with Crippen molar-refractivity contribution in [3.05, 3.63) is 35.4 Å². The Bertz CT molecular complexity index is 374. The van der Waals surface area contributed by atoms with Crippen molar-refractivity contribution in [3.63, 3.8) is 0 Å². The minimum absolute atomic E-state index is 0.303. The summed E-state index contributed by atoms with van der Waals surface area (Å²) >= 11 is 0. The number of rotatable bonds is 2. The first-order chi connectivity index (χ1) is 6.63. The van der Waals surface area contributed by atoms with Crippen LogP contribution in [0.3, 0.4) is 0 Å². The van der Waals surface area contributed by atoms with Crippen LogP contribution in [0.25, 0.3) is 6.08 Å². The Morgan fingerprint density at radius 3 is 2.86 bits per heavy atom. The molecular formula is C10H10FNO2. The molecule has 0 atom stereocenters. The van der Waals surface area contributed by atoms with Crippen molar-refractivity contribution < 1.29 is 13.9 Å². The van der Waals surface area contributed by atoms with Crippen LogP contribution in [0, 0.1) is 12.7 Å². The number of hydrogen-bond donors (Lipinski definition) is 0. The van der Waals surface area contributed by atoms with Gasteiger partial charge in [0.1, 0.15) is 5.82 Å². The van der Waals surface area contributed by atoms with Crippen molar-refractivity contribution in [2.45, 2.75) is 6.92 Å². The normalized spacial score (nSPS) is 10.5. The lowest BCUT2D eigenvalue weighted by atomic mass is 10.3. The molecule has 1 aromatic heterocycles. The molecule has 0 amide bonds. The third-order valence-electron chi connectivity index (χ3n) is 1.63. The van der Waals surface area contributed by atoms with E-state index >= 15 is 0 Å². The van der Waals surface area contributed by atoms with Crippen LogP contribution in [-0.2, 0) is 9.53 Å². The molecule has 0 saturated heterocycles. The number of hydrogen-bond acceptors (Lipinski definition) is 3. The fourth-order valence-electron chi connectivity index (χ4n) is 0.878. The number of nitrogens with zero attached hydrogens (tertiary/aromatic N) is 1. The molecule has 0 N–H and O–H groups in total. The van der Waals surface area contributed by atoms with Crippen LogP contribution in [0.2, 0.25) is 0 Å². The zero-order chi connectivity index (χ0) is 10.6. The number of aryl methyl sites for hydroxylation is 1. The van der Waals surface area contributed by atoms with Gasteiger partial charge < -0.3 is 4.74 Å². The second-order valence-corrected chi connectivity index (χ2v) is 2.66. The standard InChI is InChI=1S/C10H10FNO2/c1-7-9(11)5-3-8(12-7)4-6-10(13)14-2/h3-6H,1-2H3. The first kappa shape index (κ1) is 10.4. The summed E-state index contributed by atoms with van der Waals surface area (Å²) in [5.41, 5.74) is 0.825. The summed E-state index contributed by atoms with van der Waals surface area (Å²) in [7, 11) is 1.29. The number of carbonyl (C=O) groups is 1. The quantitative estimate of drug-likeness (QED) is 0.532. The predicted octanol–water partition coefficient (Wildman–Crippen LogP) is 1.72. The number of aromatic nitrogens is 1. The highest BCUT2D eigenvalue weighted by atomic mass is 19.1. The molecule has 1 rings (SSSR count). The predicted molar refractivity (Wildman–Crippen MR) is 50.0 cm³/mol. The van der Waals surface area contributed by atoms with Gasteiger partial charge in [0.25, 0.3) is 0 Å². The second-order valence-electron chi connectivity index (χ2n) is 2.66. The first-order valence-corrected chi connectivity index (χ1v) is 4.02. The van der Waals surface area contributed by atoms with Gasteiger partial charge in [-0.2, -0.15) is 0 Å². The number of halogens is 1.